The van der Waals surface area contributed by atoms with Crippen LogP contribution in [-0.4, -0.2) is 50.2 Å². The number of carbonyl (C=O) groups excluding carboxylic acids is 1. The van der Waals surface area contributed by atoms with Crippen LogP contribution >= 0.6 is 12.2 Å². The molecule has 2 N–H and O–H groups in total. The molecular weight excluding hydrogens is 416 g/mol. The number of amides is 1. The van der Waals surface area contributed by atoms with Crippen LogP contribution in [0.5, 0.6) is 11.5 Å². The predicted octanol–water partition coefficient (Wildman–Crippen LogP) is 3.79. The molecule has 0 bridgehead atoms. The lowest BCUT2D eigenvalue weighted by Crippen LogP contribution is -2.34. The van der Waals surface area contributed by atoms with Gasteiger partial charge in [-0.1, -0.05) is 18.2 Å². The SMILES string of the molecule is CCOCCOc1ccccc1C(=O)NC(=S)Nc1cccc(OCC2CCCO2)c1. The zero-order valence-corrected chi connectivity index (χ0v) is 18.4. The van der Waals surface area contributed by atoms with E-state index in [-0.39, 0.29) is 17.1 Å². The normalized spacial score (nSPS) is 15.3. The van der Waals surface area contributed by atoms with Crippen LogP contribution in [0.4, 0.5) is 5.69 Å². The number of rotatable bonds is 10. The van der Waals surface area contributed by atoms with Crippen LogP contribution in [0, 0.1) is 0 Å². The number of para-hydroxylation sites is 1. The molecule has 2 aromatic rings. The molecule has 7 nitrogen and oxygen atoms in total. The van der Waals surface area contributed by atoms with Gasteiger partial charge < -0.3 is 24.3 Å². The van der Waals surface area contributed by atoms with Crippen LogP contribution in [0.25, 0.3) is 0 Å². The van der Waals surface area contributed by atoms with E-state index in [1.165, 1.54) is 0 Å². The van der Waals surface area contributed by atoms with Crippen molar-refractivity contribution >= 4 is 28.9 Å². The van der Waals surface area contributed by atoms with Crippen LogP contribution in [0.2, 0.25) is 0 Å². The van der Waals surface area contributed by atoms with Gasteiger partial charge in [0, 0.05) is 25.0 Å². The molecule has 1 atom stereocenters. The summed E-state index contributed by atoms with van der Waals surface area (Å²) in [7, 11) is 0. The maximum absolute atomic E-state index is 12.7. The molecule has 0 aliphatic carbocycles. The number of thiocarbonyl (C=S) groups is 1. The van der Waals surface area contributed by atoms with Crippen molar-refractivity contribution < 1.29 is 23.7 Å². The van der Waals surface area contributed by atoms with Crippen LogP contribution in [-0.2, 0) is 9.47 Å². The molecule has 166 valence electrons. The third-order valence-electron chi connectivity index (χ3n) is 4.60. The van der Waals surface area contributed by atoms with E-state index in [1.807, 2.05) is 37.3 Å². The molecule has 0 spiro atoms. The van der Waals surface area contributed by atoms with Gasteiger partial charge in [0.25, 0.3) is 5.91 Å². The number of hydrogen-bond acceptors (Lipinski definition) is 6. The molecule has 3 rings (SSSR count). The largest absolute Gasteiger partial charge is 0.491 e. The van der Waals surface area contributed by atoms with Crippen molar-refractivity contribution in [2.24, 2.45) is 0 Å². The van der Waals surface area contributed by atoms with Crippen LogP contribution in [0.3, 0.4) is 0 Å². The van der Waals surface area contributed by atoms with Crippen molar-refractivity contribution in [3.05, 3.63) is 54.1 Å². The summed E-state index contributed by atoms with van der Waals surface area (Å²) in [5.74, 6) is 0.838. The van der Waals surface area contributed by atoms with E-state index >= 15 is 0 Å². The Bertz CT molecular complexity index is 871. The standard InChI is InChI=1S/C23H28N2O5S/c1-2-27-13-14-29-21-11-4-3-10-20(21)22(26)25-23(31)24-17-7-5-8-18(15-17)30-16-19-9-6-12-28-19/h3-5,7-8,10-11,15,19H,2,6,9,12-14,16H2,1H3,(H2,24,25,26,31). The number of ether oxygens (including phenoxy) is 4. The minimum atomic E-state index is -0.352. The zero-order valence-electron chi connectivity index (χ0n) is 17.6. The van der Waals surface area contributed by atoms with Gasteiger partial charge in [0.2, 0.25) is 0 Å². The lowest BCUT2D eigenvalue weighted by molar-refractivity contribution is 0.0680. The molecule has 1 heterocycles. The average Bonchev–Trinajstić information content (AvgIpc) is 3.29. The molecule has 1 aliphatic heterocycles. The molecule has 1 unspecified atom stereocenters. The van der Waals surface area contributed by atoms with E-state index < -0.39 is 0 Å². The first-order valence-corrected chi connectivity index (χ1v) is 10.8. The molecule has 1 amide bonds. The molecule has 1 saturated heterocycles. The minimum absolute atomic E-state index is 0.146. The Morgan fingerprint density at radius 2 is 2.03 bits per heavy atom. The highest BCUT2D eigenvalue weighted by Gasteiger charge is 2.16. The Morgan fingerprint density at radius 1 is 1.16 bits per heavy atom. The van der Waals surface area contributed by atoms with Crippen molar-refractivity contribution in [3.8, 4) is 11.5 Å². The summed E-state index contributed by atoms with van der Waals surface area (Å²) in [6, 6.07) is 14.4. The second-order valence-electron chi connectivity index (χ2n) is 6.92. The van der Waals surface area contributed by atoms with Gasteiger partial charge in [-0.2, -0.15) is 0 Å². The molecule has 8 heteroatoms. The zero-order chi connectivity index (χ0) is 21.9. The topological polar surface area (TPSA) is 78.1 Å². The molecule has 0 aromatic heterocycles. The van der Waals surface area contributed by atoms with Crippen LogP contribution < -0.4 is 20.1 Å². The van der Waals surface area contributed by atoms with Gasteiger partial charge in [-0.15, -0.1) is 0 Å². The minimum Gasteiger partial charge on any atom is -0.491 e. The first-order chi connectivity index (χ1) is 15.2. The van der Waals surface area contributed by atoms with E-state index in [0.29, 0.717) is 43.5 Å². The monoisotopic (exact) mass is 444 g/mol. The van der Waals surface area contributed by atoms with Gasteiger partial charge in [0.1, 0.15) is 24.7 Å². The Morgan fingerprint density at radius 3 is 2.84 bits per heavy atom. The number of carbonyl (C=O) groups is 1. The highest BCUT2D eigenvalue weighted by Crippen LogP contribution is 2.20. The van der Waals surface area contributed by atoms with Crippen molar-refractivity contribution in [3.63, 3.8) is 0 Å². The Labute approximate surface area is 188 Å². The molecule has 0 radical (unpaired) electrons. The smallest absolute Gasteiger partial charge is 0.261 e. The summed E-state index contributed by atoms with van der Waals surface area (Å²) in [5.41, 5.74) is 1.12. The summed E-state index contributed by atoms with van der Waals surface area (Å²) < 4.78 is 22.3. The third kappa shape index (κ3) is 7.50. The maximum atomic E-state index is 12.7. The number of benzene rings is 2. The molecule has 31 heavy (non-hydrogen) atoms. The lowest BCUT2D eigenvalue weighted by Gasteiger charge is -2.14. The maximum Gasteiger partial charge on any atom is 0.261 e. The number of nitrogens with one attached hydrogen (secondary N) is 2. The van der Waals surface area contributed by atoms with Crippen LogP contribution in [0.15, 0.2) is 48.5 Å². The molecular formula is C23H28N2O5S. The van der Waals surface area contributed by atoms with Gasteiger partial charge in [-0.3, -0.25) is 10.1 Å². The van der Waals surface area contributed by atoms with Crippen LogP contribution in [0.1, 0.15) is 30.1 Å². The summed E-state index contributed by atoms with van der Waals surface area (Å²) in [4.78, 5) is 12.7. The summed E-state index contributed by atoms with van der Waals surface area (Å²) in [6.45, 7) is 4.67. The fourth-order valence-corrected chi connectivity index (χ4v) is 3.31. The van der Waals surface area contributed by atoms with E-state index in [2.05, 4.69) is 10.6 Å². The van der Waals surface area contributed by atoms with E-state index in [4.69, 9.17) is 31.2 Å². The van der Waals surface area contributed by atoms with Gasteiger partial charge >= 0.3 is 0 Å². The first kappa shape index (κ1) is 23.0. The van der Waals surface area contributed by atoms with Gasteiger partial charge in [-0.05, 0) is 56.2 Å². The second kappa shape index (κ2) is 12.2. The fourth-order valence-electron chi connectivity index (χ4n) is 3.10. The summed E-state index contributed by atoms with van der Waals surface area (Å²) >= 11 is 5.31. The average molecular weight is 445 g/mol. The molecule has 1 aliphatic rings. The van der Waals surface area contributed by atoms with Gasteiger partial charge in [0.05, 0.1) is 18.3 Å². The highest BCUT2D eigenvalue weighted by molar-refractivity contribution is 7.80. The Kier molecular flexibility index (Phi) is 9.08. The number of anilines is 1. The Hall–Kier alpha value is -2.68. The predicted molar refractivity (Wildman–Crippen MR) is 123 cm³/mol. The number of hydrogen-bond donors (Lipinski definition) is 2. The quantitative estimate of drug-likeness (QED) is 0.426. The van der Waals surface area contributed by atoms with Crippen molar-refractivity contribution in [1.82, 2.24) is 5.32 Å². The fraction of sp³-hybridized carbons (Fsp3) is 0.391. The molecule has 2 aromatic carbocycles. The van der Waals surface area contributed by atoms with Crippen molar-refractivity contribution in [1.29, 1.82) is 0 Å². The summed E-state index contributed by atoms with van der Waals surface area (Å²) in [6.07, 6.45) is 2.24. The van der Waals surface area contributed by atoms with Crippen molar-refractivity contribution in [2.75, 3.05) is 38.4 Å². The molecule has 0 saturated carbocycles. The summed E-state index contributed by atoms with van der Waals surface area (Å²) in [5, 5.41) is 5.90. The highest BCUT2D eigenvalue weighted by atomic mass is 32.1. The first-order valence-electron chi connectivity index (χ1n) is 10.4. The second-order valence-corrected chi connectivity index (χ2v) is 7.33. The third-order valence-corrected chi connectivity index (χ3v) is 4.80. The van der Waals surface area contributed by atoms with E-state index in [9.17, 15) is 4.79 Å². The lowest BCUT2D eigenvalue weighted by atomic mass is 10.2. The van der Waals surface area contributed by atoms with Gasteiger partial charge in [-0.25, -0.2) is 0 Å². The van der Waals surface area contributed by atoms with E-state index in [0.717, 1.165) is 25.1 Å². The molecule has 1 fully saturated rings. The van der Waals surface area contributed by atoms with E-state index in [1.54, 1.807) is 18.2 Å². The van der Waals surface area contributed by atoms with Crippen molar-refractivity contribution in [2.45, 2.75) is 25.9 Å². The van der Waals surface area contributed by atoms with Gasteiger partial charge in [0.15, 0.2) is 5.11 Å². The Balaban J connectivity index is 1.52.